The largest absolute Gasteiger partial charge is 0.492 e. The predicted octanol–water partition coefficient (Wildman–Crippen LogP) is 3.96. The Balaban J connectivity index is 1.38. The zero-order valence-electron chi connectivity index (χ0n) is 21.3. The fourth-order valence-electron chi connectivity index (χ4n) is 4.43. The average Bonchev–Trinajstić information content (AvgIpc) is 3.25. The van der Waals surface area contributed by atoms with Crippen LogP contribution in [0.5, 0.6) is 11.6 Å². The maximum Gasteiger partial charge on any atom is 0.245 e. The van der Waals surface area contributed by atoms with E-state index in [2.05, 4.69) is 55.6 Å². The van der Waals surface area contributed by atoms with Crippen LogP contribution in [0.3, 0.4) is 0 Å². The van der Waals surface area contributed by atoms with Crippen LogP contribution in [0.1, 0.15) is 19.4 Å². The van der Waals surface area contributed by atoms with Gasteiger partial charge in [0.1, 0.15) is 24.5 Å². The topological polar surface area (TPSA) is 68.5 Å². The van der Waals surface area contributed by atoms with E-state index in [1.807, 2.05) is 44.2 Å². The van der Waals surface area contributed by atoms with Gasteiger partial charge in [0.15, 0.2) is 11.2 Å². The van der Waals surface area contributed by atoms with Gasteiger partial charge in [0.05, 0.1) is 12.6 Å². The number of likely N-dealkylation sites (N-methyl/N-ethyl adjacent to an activating group) is 1. The zero-order chi connectivity index (χ0) is 24.9. The summed E-state index contributed by atoms with van der Waals surface area (Å²) in [4.78, 5) is 18.7. The fourth-order valence-corrected chi connectivity index (χ4v) is 4.43. The summed E-state index contributed by atoms with van der Waals surface area (Å²) in [6, 6.07) is 18.5. The first kappa shape index (κ1) is 24.2. The SMILES string of the molecule is CC(C)Oc1ncnc2c1nc(-c1ccc(OCCN3CCN(C)CC3)cc1)n2Cc1ccccc1. The second-order valence-corrected chi connectivity index (χ2v) is 9.54. The molecule has 0 radical (unpaired) electrons. The number of imidazole rings is 1. The molecule has 3 heterocycles. The van der Waals surface area contributed by atoms with Gasteiger partial charge in [-0.3, -0.25) is 4.90 Å². The Morgan fingerprint density at radius 3 is 2.39 bits per heavy atom. The predicted molar refractivity (Wildman–Crippen MR) is 141 cm³/mol. The van der Waals surface area contributed by atoms with E-state index in [1.54, 1.807) is 6.33 Å². The second kappa shape index (κ2) is 11.1. The summed E-state index contributed by atoms with van der Waals surface area (Å²) in [7, 11) is 2.17. The van der Waals surface area contributed by atoms with E-state index >= 15 is 0 Å². The molecule has 0 bridgehead atoms. The summed E-state index contributed by atoms with van der Waals surface area (Å²) >= 11 is 0. The summed E-state index contributed by atoms with van der Waals surface area (Å²) < 4.78 is 14.1. The molecule has 8 heteroatoms. The minimum atomic E-state index is -0.00639. The van der Waals surface area contributed by atoms with Crippen molar-refractivity contribution in [3.63, 3.8) is 0 Å². The first-order chi connectivity index (χ1) is 17.6. The Morgan fingerprint density at radius 1 is 0.917 bits per heavy atom. The lowest BCUT2D eigenvalue weighted by Gasteiger charge is -2.32. The third-order valence-corrected chi connectivity index (χ3v) is 6.41. The number of rotatable bonds is 9. The average molecular weight is 487 g/mol. The minimum Gasteiger partial charge on any atom is -0.492 e. The van der Waals surface area contributed by atoms with Gasteiger partial charge in [-0.25, -0.2) is 9.97 Å². The summed E-state index contributed by atoms with van der Waals surface area (Å²) in [5.74, 6) is 2.20. The van der Waals surface area contributed by atoms with Crippen molar-refractivity contribution >= 4 is 11.2 Å². The van der Waals surface area contributed by atoms with Crippen molar-refractivity contribution in [3.8, 4) is 23.0 Å². The summed E-state index contributed by atoms with van der Waals surface area (Å²) in [6.07, 6.45) is 1.54. The van der Waals surface area contributed by atoms with E-state index in [0.29, 0.717) is 24.5 Å². The Bertz CT molecular complexity index is 1260. The molecule has 4 aromatic rings. The highest BCUT2D eigenvalue weighted by molar-refractivity contribution is 5.81. The number of nitrogens with zero attached hydrogens (tertiary/aromatic N) is 6. The number of fused-ring (bicyclic) bond motifs is 1. The normalized spacial score (nSPS) is 15.0. The Labute approximate surface area is 212 Å². The summed E-state index contributed by atoms with van der Waals surface area (Å²) in [5, 5.41) is 0. The first-order valence-corrected chi connectivity index (χ1v) is 12.6. The van der Waals surface area contributed by atoms with Crippen LogP contribution in [0, 0.1) is 0 Å². The maximum absolute atomic E-state index is 6.05. The quantitative estimate of drug-likeness (QED) is 0.355. The van der Waals surface area contributed by atoms with Gasteiger partial charge in [-0.15, -0.1) is 0 Å². The Kier molecular flexibility index (Phi) is 7.44. The molecule has 0 aliphatic carbocycles. The second-order valence-electron chi connectivity index (χ2n) is 9.54. The van der Waals surface area contributed by atoms with E-state index < -0.39 is 0 Å². The molecule has 0 spiro atoms. The zero-order valence-corrected chi connectivity index (χ0v) is 21.3. The van der Waals surface area contributed by atoms with Gasteiger partial charge in [-0.2, -0.15) is 4.98 Å². The third kappa shape index (κ3) is 5.66. The van der Waals surface area contributed by atoms with Crippen molar-refractivity contribution in [3.05, 3.63) is 66.5 Å². The van der Waals surface area contributed by atoms with Gasteiger partial charge >= 0.3 is 0 Å². The molecule has 5 rings (SSSR count). The smallest absolute Gasteiger partial charge is 0.245 e. The Hall–Kier alpha value is -3.49. The monoisotopic (exact) mass is 486 g/mol. The molecule has 1 saturated heterocycles. The van der Waals surface area contributed by atoms with Crippen LogP contribution in [0.2, 0.25) is 0 Å². The van der Waals surface area contributed by atoms with Crippen molar-refractivity contribution in [2.24, 2.45) is 0 Å². The van der Waals surface area contributed by atoms with E-state index in [1.165, 1.54) is 5.56 Å². The summed E-state index contributed by atoms with van der Waals surface area (Å²) in [6.45, 7) is 10.7. The molecule has 188 valence electrons. The van der Waals surface area contributed by atoms with Gasteiger partial charge in [0.25, 0.3) is 0 Å². The van der Waals surface area contributed by atoms with Crippen LogP contribution in [0.15, 0.2) is 60.9 Å². The van der Waals surface area contributed by atoms with Gasteiger partial charge < -0.3 is 18.9 Å². The molecule has 8 nitrogen and oxygen atoms in total. The van der Waals surface area contributed by atoms with Crippen LogP contribution >= 0.6 is 0 Å². The molecule has 0 amide bonds. The molecule has 36 heavy (non-hydrogen) atoms. The van der Waals surface area contributed by atoms with Crippen LogP contribution < -0.4 is 9.47 Å². The van der Waals surface area contributed by atoms with Crippen LogP contribution in [-0.4, -0.2) is 81.8 Å². The molecular formula is C28H34N6O2. The minimum absolute atomic E-state index is 0.00639. The highest BCUT2D eigenvalue weighted by Gasteiger charge is 2.19. The molecule has 0 N–H and O–H groups in total. The van der Waals surface area contributed by atoms with Gasteiger partial charge in [0, 0.05) is 38.3 Å². The number of hydrogen-bond acceptors (Lipinski definition) is 7. The number of hydrogen-bond donors (Lipinski definition) is 0. The number of ether oxygens (including phenoxy) is 2. The lowest BCUT2D eigenvalue weighted by Crippen LogP contribution is -2.45. The van der Waals surface area contributed by atoms with Crippen molar-refractivity contribution < 1.29 is 9.47 Å². The third-order valence-electron chi connectivity index (χ3n) is 6.41. The maximum atomic E-state index is 6.05. The lowest BCUT2D eigenvalue weighted by atomic mass is 10.2. The molecule has 1 fully saturated rings. The van der Waals surface area contributed by atoms with E-state index in [4.69, 9.17) is 14.5 Å². The standard InChI is InChI=1S/C28H34N6O2/c1-21(2)36-28-25-27(29-20-30-28)34(19-22-7-5-4-6-8-22)26(31-25)23-9-11-24(12-10-23)35-18-17-33-15-13-32(3)14-16-33/h4-12,20-21H,13-19H2,1-3H3. The van der Waals surface area contributed by atoms with E-state index in [9.17, 15) is 0 Å². The first-order valence-electron chi connectivity index (χ1n) is 12.6. The molecule has 1 aliphatic heterocycles. The molecule has 1 aliphatic rings. The molecule has 2 aromatic heterocycles. The van der Waals surface area contributed by atoms with Gasteiger partial charge in [-0.1, -0.05) is 30.3 Å². The molecular weight excluding hydrogens is 452 g/mol. The van der Waals surface area contributed by atoms with Crippen LogP contribution in [-0.2, 0) is 6.54 Å². The van der Waals surface area contributed by atoms with Crippen LogP contribution in [0.4, 0.5) is 0 Å². The van der Waals surface area contributed by atoms with E-state index in [-0.39, 0.29) is 6.10 Å². The molecule has 2 aromatic carbocycles. The highest BCUT2D eigenvalue weighted by atomic mass is 16.5. The molecule has 0 unspecified atom stereocenters. The van der Waals surface area contributed by atoms with E-state index in [0.717, 1.165) is 55.5 Å². The number of piperazine rings is 1. The molecule has 0 atom stereocenters. The van der Waals surface area contributed by atoms with Gasteiger partial charge in [-0.05, 0) is 50.7 Å². The molecule has 0 saturated carbocycles. The van der Waals surface area contributed by atoms with Crippen molar-refractivity contribution in [1.29, 1.82) is 0 Å². The number of benzene rings is 2. The number of aromatic nitrogens is 4. The van der Waals surface area contributed by atoms with Crippen molar-refractivity contribution in [1.82, 2.24) is 29.3 Å². The van der Waals surface area contributed by atoms with Crippen molar-refractivity contribution in [2.45, 2.75) is 26.5 Å². The summed E-state index contributed by atoms with van der Waals surface area (Å²) in [5.41, 5.74) is 3.59. The fraction of sp³-hybridized carbons (Fsp3) is 0.393. The van der Waals surface area contributed by atoms with Gasteiger partial charge in [0.2, 0.25) is 5.88 Å². The lowest BCUT2D eigenvalue weighted by molar-refractivity contribution is 0.134. The Morgan fingerprint density at radius 2 is 1.67 bits per heavy atom. The van der Waals surface area contributed by atoms with Crippen molar-refractivity contribution in [2.75, 3.05) is 46.4 Å². The highest BCUT2D eigenvalue weighted by Crippen LogP contribution is 2.30. The van der Waals surface area contributed by atoms with Crippen LogP contribution in [0.25, 0.3) is 22.6 Å².